The van der Waals surface area contributed by atoms with Crippen molar-refractivity contribution in [2.75, 3.05) is 5.73 Å². The number of benzene rings is 1. The van der Waals surface area contributed by atoms with Crippen LogP contribution >= 0.6 is 0 Å². The number of anilines is 1. The molecule has 0 saturated carbocycles. The van der Waals surface area contributed by atoms with E-state index in [0.717, 1.165) is 19.3 Å². The topological polar surface area (TPSA) is 66.5 Å². The normalized spacial score (nSPS) is 11.0. The SMILES string of the molecule is CCCCCCCCCCCc1c(O)cc(CC)c(O)c1N. The lowest BCUT2D eigenvalue weighted by atomic mass is 9.99. The Morgan fingerprint density at radius 2 is 1.41 bits per heavy atom. The summed E-state index contributed by atoms with van der Waals surface area (Å²) in [5, 5.41) is 20.1. The second-order valence-corrected chi connectivity index (χ2v) is 6.23. The van der Waals surface area contributed by atoms with Gasteiger partial charge in [0.2, 0.25) is 0 Å². The minimum Gasteiger partial charge on any atom is -0.508 e. The summed E-state index contributed by atoms with van der Waals surface area (Å²) in [6.45, 7) is 4.18. The summed E-state index contributed by atoms with van der Waals surface area (Å²) >= 11 is 0. The van der Waals surface area contributed by atoms with Crippen molar-refractivity contribution < 1.29 is 10.2 Å². The molecule has 0 heterocycles. The number of phenols is 2. The van der Waals surface area contributed by atoms with E-state index in [2.05, 4.69) is 6.92 Å². The first kappa shape index (κ1) is 18.7. The molecule has 0 unspecified atom stereocenters. The third-order valence-corrected chi connectivity index (χ3v) is 4.42. The lowest BCUT2D eigenvalue weighted by Crippen LogP contribution is -1.99. The Hall–Kier alpha value is -1.38. The van der Waals surface area contributed by atoms with E-state index < -0.39 is 0 Å². The summed E-state index contributed by atoms with van der Waals surface area (Å²) in [5.74, 6) is 0.373. The number of nitrogens with two attached hydrogens (primary N) is 1. The molecule has 1 aromatic rings. The summed E-state index contributed by atoms with van der Waals surface area (Å²) < 4.78 is 0. The van der Waals surface area contributed by atoms with Gasteiger partial charge < -0.3 is 15.9 Å². The quantitative estimate of drug-likeness (QED) is 0.224. The number of hydrogen-bond donors (Lipinski definition) is 3. The van der Waals surface area contributed by atoms with Crippen molar-refractivity contribution in [3.63, 3.8) is 0 Å². The largest absolute Gasteiger partial charge is 0.508 e. The van der Waals surface area contributed by atoms with Gasteiger partial charge in [0.25, 0.3) is 0 Å². The molecule has 3 heteroatoms. The van der Waals surface area contributed by atoms with Crippen molar-refractivity contribution in [3.05, 3.63) is 17.2 Å². The van der Waals surface area contributed by atoms with Crippen molar-refractivity contribution in [2.45, 2.75) is 84.5 Å². The van der Waals surface area contributed by atoms with Crippen LogP contribution in [0.1, 0.15) is 82.8 Å². The Kier molecular flexibility index (Phi) is 8.79. The highest BCUT2D eigenvalue weighted by Crippen LogP contribution is 2.36. The zero-order valence-electron chi connectivity index (χ0n) is 14.3. The minimum atomic E-state index is 0.145. The van der Waals surface area contributed by atoms with Crippen LogP contribution in [0, 0.1) is 0 Å². The Morgan fingerprint density at radius 1 is 0.864 bits per heavy atom. The number of aromatic hydroxyl groups is 2. The highest BCUT2D eigenvalue weighted by atomic mass is 16.3. The monoisotopic (exact) mass is 307 g/mol. The molecule has 0 bridgehead atoms. The Balaban J connectivity index is 2.29. The van der Waals surface area contributed by atoms with Crippen LogP contribution in [-0.2, 0) is 12.8 Å². The second kappa shape index (κ2) is 10.4. The maximum Gasteiger partial charge on any atom is 0.142 e. The van der Waals surface area contributed by atoms with Gasteiger partial charge in [0.05, 0.1) is 5.69 Å². The highest BCUT2D eigenvalue weighted by Gasteiger charge is 2.13. The molecule has 0 aromatic heterocycles. The summed E-state index contributed by atoms with van der Waals surface area (Å²) in [6.07, 6.45) is 12.8. The molecule has 1 aromatic carbocycles. The molecule has 0 saturated heterocycles. The van der Waals surface area contributed by atoms with Crippen LogP contribution in [-0.4, -0.2) is 10.2 Å². The van der Waals surface area contributed by atoms with E-state index in [1.165, 1.54) is 44.9 Å². The Morgan fingerprint density at radius 3 is 1.95 bits per heavy atom. The summed E-state index contributed by atoms with van der Waals surface area (Å²) in [7, 11) is 0. The number of unbranched alkanes of at least 4 members (excludes halogenated alkanes) is 8. The smallest absolute Gasteiger partial charge is 0.142 e. The van der Waals surface area contributed by atoms with Crippen LogP contribution in [0.25, 0.3) is 0 Å². The third kappa shape index (κ3) is 5.78. The van der Waals surface area contributed by atoms with Gasteiger partial charge in [0, 0.05) is 5.56 Å². The third-order valence-electron chi connectivity index (χ3n) is 4.42. The van der Waals surface area contributed by atoms with E-state index >= 15 is 0 Å². The number of rotatable bonds is 11. The van der Waals surface area contributed by atoms with Crippen molar-refractivity contribution in [1.82, 2.24) is 0 Å². The molecule has 4 N–H and O–H groups in total. The van der Waals surface area contributed by atoms with Crippen molar-refractivity contribution in [1.29, 1.82) is 0 Å². The van der Waals surface area contributed by atoms with Crippen molar-refractivity contribution in [3.8, 4) is 11.5 Å². The van der Waals surface area contributed by atoms with Gasteiger partial charge in [0.1, 0.15) is 11.5 Å². The maximum absolute atomic E-state index is 10.1. The first-order valence-corrected chi connectivity index (χ1v) is 8.93. The van der Waals surface area contributed by atoms with Gasteiger partial charge in [-0.1, -0.05) is 65.2 Å². The van der Waals surface area contributed by atoms with E-state index in [4.69, 9.17) is 5.73 Å². The predicted octanol–water partition coefficient (Wildman–Crippen LogP) is 5.32. The molecule has 0 aliphatic heterocycles. The summed E-state index contributed by atoms with van der Waals surface area (Å²) in [6, 6.07) is 1.65. The Labute approximate surface area is 135 Å². The molecular weight excluding hydrogens is 274 g/mol. The van der Waals surface area contributed by atoms with Crippen LogP contribution in [0.2, 0.25) is 0 Å². The molecule has 0 atom stereocenters. The molecule has 0 aliphatic carbocycles. The second-order valence-electron chi connectivity index (χ2n) is 6.23. The molecule has 0 radical (unpaired) electrons. The molecule has 126 valence electrons. The van der Waals surface area contributed by atoms with E-state index in [1.807, 2.05) is 6.92 Å². The van der Waals surface area contributed by atoms with E-state index in [0.29, 0.717) is 23.2 Å². The standard InChI is InChI=1S/C19H33NO2/c1-3-5-6-7-8-9-10-11-12-13-16-17(21)14-15(4-2)19(22)18(16)20/h14,21-22H,3-13,20H2,1-2H3. The molecule has 0 amide bonds. The Bertz CT molecular complexity index is 444. The molecular formula is C19H33NO2. The molecule has 0 fully saturated rings. The number of hydrogen-bond acceptors (Lipinski definition) is 3. The van der Waals surface area contributed by atoms with Crippen molar-refractivity contribution >= 4 is 5.69 Å². The fraction of sp³-hybridized carbons (Fsp3) is 0.684. The van der Waals surface area contributed by atoms with Gasteiger partial charge in [-0.3, -0.25) is 0 Å². The number of aryl methyl sites for hydroxylation is 1. The van der Waals surface area contributed by atoms with Crippen LogP contribution in [0.4, 0.5) is 5.69 Å². The molecule has 3 nitrogen and oxygen atoms in total. The maximum atomic E-state index is 10.1. The van der Waals surface area contributed by atoms with E-state index in [-0.39, 0.29) is 11.5 Å². The predicted molar refractivity (Wildman–Crippen MR) is 94.5 cm³/mol. The molecule has 22 heavy (non-hydrogen) atoms. The van der Waals surface area contributed by atoms with Crippen LogP contribution in [0.3, 0.4) is 0 Å². The van der Waals surface area contributed by atoms with E-state index in [1.54, 1.807) is 6.07 Å². The number of phenolic OH excluding ortho intramolecular Hbond substituents is 2. The van der Waals surface area contributed by atoms with Gasteiger partial charge in [-0.25, -0.2) is 0 Å². The lowest BCUT2D eigenvalue weighted by molar-refractivity contribution is 0.450. The van der Waals surface area contributed by atoms with Gasteiger partial charge in [-0.15, -0.1) is 0 Å². The van der Waals surface area contributed by atoms with Gasteiger partial charge in [-0.2, -0.15) is 0 Å². The molecule has 0 spiro atoms. The highest BCUT2D eigenvalue weighted by molar-refractivity contribution is 5.66. The van der Waals surface area contributed by atoms with Crippen LogP contribution in [0.5, 0.6) is 11.5 Å². The molecule has 1 rings (SSSR count). The molecule has 0 aliphatic rings. The van der Waals surface area contributed by atoms with Crippen LogP contribution < -0.4 is 5.73 Å². The van der Waals surface area contributed by atoms with E-state index in [9.17, 15) is 10.2 Å². The first-order chi connectivity index (χ1) is 10.6. The average Bonchev–Trinajstić information content (AvgIpc) is 2.52. The minimum absolute atomic E-state index is 0.145. The zero-order chi connectivity index (χ0) is 16.4. The van der Waals surface area contributed by atoms with Gasteiger partial charge >= 0.3 is 0 Å². The van der Waals surface area contributed by atoms with Crippen LogP contribution in [0.15, 0.2) is 6.07 Å². The zero-order valence-corrected chi connectivity index (χ0v) is 14.3. The van der Waals surface area contributed by atoms with Gasteiger partial charge in [0.15, 0.2) is 0 Å². The van der Waals surface area contributed by atoms with Gasteiger partial charge in [-0.05, 0) is 30.9 Å². The lowest BCUT2D eigenvalue weighted by Gasteiger charge is -2.13. The fourth-order valence-electron chi connectivity index (χ4n) is 2.92. The summed E-state index contributed by atoms with van der Waals surface area (Å²) in [4.78, 5) is 0. The average molecular weight is 307 g/mol. The number of nitrogen functional groups attached to an aromatic ring is 1. The fourth-order valence-corrected chi connectivity index (χ4v) is 2.92. The summed E-state index contributed by atoms with van der Waals surface area (Å²) in [5.41, 5.74) is 7.74. The first-order valence-electron chi connectivity index (χ1n) is 8.93. The van der Waals surface area contributed by atoms with Crippen molar-refractivity contribution in [2.24, 2.45) is 0 Å².